The van der Waals surface area contributed by atoms with Gasteiger partial charge >= 0.3 is 0 Å². The Morgan fingerprint density at radius 3 is 2.24 bits per heavy atom. The van der Waals surface area contributed by atoms with Gasteiger partial charge in [0.15, 0.2) is 0 Å². The van der Waals surface area contributed by atoms with Crippen LogP contribution in [0, 0.1) is 0 Å². The summed E-state index contributed by atoms with van der Waals surface area (Å²) in [6, 6.07) is 22.4. The van der Waals surface area contributed by atoms with Crippen molar-refractivity contribution in [2.24, 2.45) is 0 Å². The lowest BCUT2D eigenvalue weighted by atomic mass is 9.87. The van der Waals surface area contributed by atoms with Crippen LogP contribution in [0.2, 0.25) is 0 Å². The van der Waals surface area contributed by atoms with Crippen LogP contribution in [0.3, 0.4) is 0 Å². The number of piperidine rings is 1. The number of hydrogen-bond donors (Lipinski definition) is 4. The van der Waals surface area contributed by atoms with E-state index in [1.165, 1.54) is 30.9 Å². The Labute approximate surface area is 244 Å². The molecule has 0 radical (unpaired) electrons. The van der Waals surface area contributed by atoms with E-state index in [1.807, 2.05) is 48.5 Å². The number of carbonyl (C=O) groups excluding carboxylic acids is 2. The predicted octanol–water partition coefficient (Wildman–Crippen LogP) is 5.97. The summed E-state index contributed by atoms with van der Waals surface area (Å²) in [4.78, 5) is 28.4. The Balaban J connectivity index is 1.43. The van der Waals surface area contributed by atoms with Crippen LogP contribution in [0.15, 0.2) is 78.9 Å². The van der Waals surface area contributed by atoms with Gasteiger partial charge in [-0.25, -0.2) is 0 Å². The molecule has 1 atom stereocenters. The molecule has 0 aromatic heterocycles. The third kappa shape index (κ3) is 9.03. The number of nitrogens with one attached hydrogen (secondary N) is 3. The molecule has 3 aromatic carbocycles. The molecule has 7 nitrogen and oxygen atoms in total. The van der Waals surface area contributed by atoms with Gasteiger partial charge in [0.2, 0.25) is 11.8 Å². The molecule has 1 fully saturated rings. The Hall–Kier alpha value is -3.94. The van der Waals surface area contributed by atoms with Crippen LogP contribution in [0.4, 0.5) is 17.1 Å². The van der Waals surface area contributed by atoms with Crippen LogP contribution < -0.4 is 21.7 Å². The van der Waals surface area contributed by atoms with Crippen molar-refractivity contribution in [3.8, 4) is 0 Å². The third-order valence-corrected chi connectivity index (χ3v) is 7.42. The lowest BCUT2D eigenvalue weighted by Gasteiger charge is -2.27. The molecule has 1 unspecified atom stereocenters. The van der Waals surface area contributed by atoms with Crippen LogP contribution in [-0.2, 0) is 15.0 Å². The molecular formula is C34H43N5O2. The first kappa shape index (κ1) is 30.0. The molecule has 1 aliphatic rings. The summed E-state index contributed by atoms with van der Waals surface area (Å²) < 4.78 is 0. The van der Waals surface area contributed by atoms with E-state index < -0.39 is 6.04 Å². The maximum Gasteiger partial charge on any atom is 0.248 e. The van der Waals surface area contributed by atoms with Crippen LogP contribution in [-0.4, -0.2) is 42.9 Å². The third-order valence-electron chi connectivity index (χ3n) is 7.42. The lowest BCUT2D eigenvalue weighted by molar-refractivity contribution is -0.118. The minimum Gasteiger partial charge on any atom is -0.397 e. The Morgan fingerprint density at radius 1 is 0.902 bits per heavy atom. The maximum absolute atomic E-state index is 13.5. The monoisotopic (exact) mass is 553 g/mol. The molecule has 0 saturated carbocycles. The summed E-state index contributed by atoms with van der Waals surface area (Å²) in [6.45, 7) is 10.4. The number of para-hydroxylation sites is 2. The van der Waals surface area contributed by atoms with Crippen molar-refractivity contribution < 1.29 is 9.59 Å². The second-order valence-electron chi connectivity index (χ2n) is 11.7. The molecule has 0 aliphatic carbocycles. The molecule has 4 rings (SSSR count). The van der Waals surface area contributed by atoms with Crippen molar-refractivity contribution in [1.29, 1.82) is 0 Å². The van der Waals surface area contributed by atoms with E-state index >= 15 is 0 Å². The van der Waals surface area contributed by atoms with Gasteiger partial charge in [-0.2, -0.15) is 0 Å². The molecule has 0 spiro atoms. The van der Waals surface area contributed by atoms with E-state index in [0.29, 0.717) is 17.9 Å². The number of anilines is 3. The first-order valence-electron chi connectivity index (χ1n) is 14.5. The van der Waals surface area contributed by atoms with Crippen LogP contribution in [0.5, 0.6) is 0 Å². The van der Waals surface area contributed by atoms with Crippen molar-refractivity contribution in [1.82, 2.24) is 10.2 Å². The minimum absolute atomic E-state index is 0.0485. The maximum atomic E-state index is 13.5. The van der Waals surface area contributed by atoms with E-state index in [9.17, 15) is 9.59 Å². The Bertz CT molecular complexity index is 1320. The highest BCUT2D eigenvalue weighted by molar-refractivity contribution is 6.03. The number of benzene rings is 3. The summed E-state index contributed by atoms with van der Waals surface area (Å²) >= 11 is 0. The molecule has 5 N–H and O–H groups in total. The number of rotatable bonds is 10. The first-order chi connectivity index (χ1) is 19.7. The van der Waals surface area contributed by atoms with Crippen molar-refractivity contribution in [3.63, 3.8) is 0 Å². The van der Waals surface area contributed by atoms with Gasteiger partial charge in [0, 0.05) is 24.9 Å². The summed E-state index contributed by atoms with van der Waals surface area (Å²) in [5, 5.41) is 9.38. The van der Waals surface area contributed by atoms with Crippen molar-refractivity contribution in [2.75, 3.05) is 42.5 Å². The van der Waals surface area contributed by atoms with Crippen molar-refractivity contribution >= 4 is 35.0 Å². The fourth-order valence-electron chi connectivity index (χ4n) is 4.94. The Kier molecular flexibility index (Phi) is 10.3. The number of nitrogens with zero attached hydrogens (tertiary/aromatic N) is 1. The van der Waals surface area contributed by atoms with Gasteiger partial charge in [0.25, 0.3) is 0 Å². The standard InChI is InChI=1S/C34H43N5O2/c1-34(2,3)27-16-18-28(19-17-27)37-33(41)32(36-21-24-39-22-7-4-8-23-39)26-14-11-25(12-15-26)13-20-31(40)38-30-10-6-5-9-29(30)35/h5-6,9-20,32,36H,4,7-8,21-24,35H2,1-3H3,(H,37,41)(H,38,40). The number of nitrogen functional groups attached to an aromatic ring is 1. The zero-order chi connectivity index (χ0) is 29.2. The zero-order valence-electron chi connectivity index (χ0n) is 24.5. The van der Waals surface area contributed by atoms with Crippen molar-refractivity contribution in [3.05, 3.63) is 95.6 Å². The van der Waals surface area contributed by atoms with E-state index in [0.717, 1.165) is 36.4 Å². The van der Waals surface area contributed by atoms with Gasteiger partial charge in [-0.3, -0.25) is 9.59 Å². The zero-order valence-corrected chi connectivity index (χ0v) is 24.5. The average molecular weight is 554 g/mol. The topological polar surface area (TPSA) is 99.5 Å². The van der Waals surface area contributed by atoms with E-state index in [1.54, 1.807) is 18.2 Å². The fourth-order valence-corrected chi connectivity index (χ4v) is 4.94. The molecule has 41 heavy (non-hydrogen) atoms. The van der Waals surface area contributed by atoms with Crippen LogP contribution in [0.25, 0.3) is 6.08 Å². The second kappa shape index (κ2) is 14.1. The highest BCUT2D eigenvalue weighted by Crippen LogP contribution is 2.24. The molecule has 1 aliphatic heterocycles. The quantitative estimate of drug-likeness (QED) is 0.183. The fraction of sp³-hybridized carbons (Fsp3) is 0.353. The molecule has 216 valence electrons. The number of carbonyl (C=O) groups is 2. The van der Waals surface area contributed by atoms with Gasteiger partial charge in [0.1, 0.15) is 6.04 Å². The normalized spacial score (nSPS) is 15.0. The largest absolute Gasteiger partial charge is 0.397 e. The van der Waals surface area contributed by atoms with Gasteiger partial charge in [-0.05, 0) is 78.4 Å². The predicted molar refractivity (Wildman–Crippen MR) is 170 cm³/mol. The summed E-state index contributed by atoms with van der Waals surface area (Å²) in [6.07, 6.45) is 6.99. The highest BCUT2D eigenvalue weighted by Gasteiger charge is 2.21. The summed E-state index contributed by atoms with van der Waals surface area (Å²) in [5.41, 5.74) is 10.8. The SMILES string of the molecule is CC(C)(C)c1ccc(NC(=O)C(NCCN2CCCCC2)c2ccc(C=CC(=O)Nc3ccccc3N)cc2)cc1. The van der Waals surface area contributed by atoms with E-state index in [4.69, 9.17) is 5.73 Å². The van der Waals surface area contributed by atoms with Crippen LogP contribution >= 0.6 is 0 Å². The van der Waals surface area contributed by atoms with E-state index in [2.05, 4.69) is 53.8 Å². The molecule has 3 aromatic rings. The van der Waals surface area contributed by atoms with E-state index in [-0.39, 0.29) is 17.2 Å². The number of hydrogen-bond acceptors (Lipinski definition) is 5. The lowest BCUT2D eigenvalue weighted by Crippen LogP contribution is -2.40. The molecule has 1 heterocycles. The average Bonchev–Trinajstić information content (AvgIpc) is 2.96. The Morgan fingerprint density at radius 2 is 1.59 bits per heavy atom. The number of nitrogens with two attached hydrogens (primary N) is 1. The summed E-state index contributed by atoms with van der Waals surface area (Å²) in [5.74, 6) is -0.364. The van der Waals surface area contributed by atoms with Crippen molar-refractivity contribution in [2.45, 2.75) is 51.5 Å². The van der Waals surface area contributed by atoms with Gasteiger partial charge in [-0.15, -0.1) is 0 Å². The highest BCUT2D eigenvalue weighted by atomic mass is 16.2. The van der Waals surface area contributed by atoms with Gasteiger partial charge in [0.05, 0.1) is 11.4 Å². The molecule has 7 heteroatoms. The molecule has 2 amide bonds. The first-order valence-corrected chi connectivity index (χ1v) is 14.5. The second-order valence-corrected chi connectivity index (χ2v) is 11.7. The minimum atomic E-state index is -0.510. The summed E-state index contributed by atoms with van der Waals surface area (Å²) in [7, 11) is 0. The van der Waals surface area contributed by atoms with Gasteiger partial charge < -0.3 is 26.6 Å². The van der Waals surface area contributed by atoms with Crippen LogP contribution in [0.1, 0.15) is 62.8 Å². The number of likely N-dealkylation sites (tertiary alicyclic amines) is 1. The molecule has 0 bridgehead atoms. The molecular weight excluding hydrogens is 510 g/mol. The number of amides is 2. The van der Waals surface area contributed by atoms with Gasteiger partial charge in [-0.1, -0.05) is 75.7 Å². The molecule has 1 saturated heterocycles. The smallest absolute Gasteiger partial charge is 0.248 e.